The normalized spacial score (nSPS) is 10.6. The largest absolute Gasteiger partial charge is 0.437 e. The van der Waals surface area contributed by atoms with Gasteiger partial charge in [0, 0.05) is 6.20 Å². The number of pyridine rings is 1. The molecule has 1 N–H and O–H groups in total. The van der Waals surface area contributed by atoms with E-state index < -0.39 is 0 Å². The standard InChI is InChI=1S/C15H16ClNO2/c1-9-4-5-10(2)14(11(9)3)19-15-13(16)6-12(8-18)7-17-15/h4-7,18H,8H2,1-3H3. The Hall–Kier alpha value is -1.58. The second kappa shape index (κ2) is 5.59. The number of rotatable bonds is 3. The lowest BCUT2D eigenvalue weighted by Crippen LogP contribution is -1.96. The van der Waals surface area contributed by atoms with Crippen molar-refractivity contribution in [1.29, 1.82) is 0 Å². The molecule has 3 nitrogen and oxygen atoms in total. The van der Waals surface area contributed by atoms with Gasteiger partial charge in [-0.1, -0.05) is 23.7 Å². The summed E-state index contributed by atoms with van der Waals surface area (Å²) in [6, 6.07) is 5.72. The molecule has 1 heterocycles. The minimum atomic E-state index is -0.0878. The summed E-state index contributed by atoms with van der Waals surface area (Å²) >= 11 is 6.10. The van der Waals surface area contributed by atoms with E-state index in [-0.39, 0.29) is 6.61 Å². The summed E-state index contributed by atoms with van der Waals surface area (Å²) in [5.41, 5.74) is 3.93. The first-order valence-corrected chi connectivity index (χ1v) is 6.40. The average Bonchev–Trinajstić information content (AvgIpc) is 2.40. The molecule has 1 aromatic carbocycles. The molecule has 19 heavy (non-hydrogen) atoms. The first kappa shape index (κ1) is 13.8. The Labute approximate surface area is 117 Å². The topological polar surface area (TPSA) is 42.4 Å². The zero-order valence-corrected chi connectivity index (χ0v) is 12.0. The van der Waals surface area contributed by atoms with Crippen LogP contribution in [0, 0.1) is 20.8 Å². The Morgan fingerprint density at radius 3 is 2.53 bits per heavy atom. The Balaban J connectivity index is 2.39. The van der Waals surface area contributed by atoms with Crippen molar-refractivity contribution in [1.82, 2.24) is 4.98 Å². The van der Waals surface area contributed by atoms with Gasteiger partial charge in [0.2, 0.25) is 5.88 Å². The lowest BCUT2D eigenvalue weighted by atomic mass is 10.1. The monoisotopic (exact) mass is 277 g/mol. The van der Waals surface area contributed by atoms with Gasteiger partial charge < -0.3 is 9.84 Å². The summed E-state index contributed by atoms with van der Waals surface area (Å²) in [5, 5.41) is 9.42. The number of hydrogen-bond donors (Lipinski definition) is 1. The molecule has 0 bridgehead atoms. The van der Waals surface area contributed by atoms with Crippen molar-refractivity contribution in [2.45, 2.75) is 27.4 Å². The van der Waals surface area contributed by atoms with Crippen molar-refractivity contribution in [2.24, 2.45) is 0 Å². The van der Waals surface area contributed by atoms with Gasteiger partial charge in [0.05, 0.1) is 6.61 Å². The molecule has 4 heteroatoms. The van der Waals surface area contributed by atoms with E-state index >= 15 is 0 Å². The molecule has 0 saturated carbocycles. The third kappa shape index (κ3) is 2.88. The van der Waals surface area contributed by atoms with Crippen molar-refractivity contribution < 1.29 is 9.84 Å². The quantitative estimate of drug-likeness (QED) is 0.924. The number of aliphatic hydroxyl groups excluding tert-OH is 1. The van der Waals surface area contributed by atoms with Crippen LogP contribution in [0.15, 0.2) is 24.4 Å². The Morgan fingerprint density at radius 1 is 1.21 bits per heavy atom. The van der Waals surface area contributed by atoms with Gasteiger partial charge in [-0.05, 0) is 49.1 Å². The maximum atomic E-state index is 9.03. The molecule has 0 saturated heterocycles. The second-order valence-corrected chi connectivity index (χ2v) is 4.95. The van der Waals surface area contributed by atoms with Crippen LogP contribution >= 0.6 is 11.6 Å². The number of aliphatic hydroxyl groups is 1. The predicted molar refractivity (Wildman–Crippen MR) is 75.9 cm³/mol. The van der Waals surface area contributed by atoms with E-state index in [4.69, 9.17) is 21.4 Å². The lowest BCUT2D eigenvalue weighted by Gasteiger charge is -2.14. The molecule has 0 aliphatic rings. The van der Waals surface area contributed by atoms with Gasteiger partial charge in [0.15, 0.2) is 0 Å². The van der Waals surface area contributed by atoms with Gasteiger partial charge >= 0.3 is 0 Å². The Kier molecular flexibility index (Phi) is 4.08. The van der Waals surface area contributed by atoms with Crippen molar-refractivity contribution in [3.05, 3.63) is 51.7 Å². The molecule has 2 aromatic rings. The molecule has 0 fully saturated rings. The van der Waals surface area contributed by atoms with Gasteiger partial charge in [0.25, 0.3) is 0 Å². The lowest BCUT2D eigenvalue weighted by molar-refractivity contribution is 0.281. The zero-order chi connectivity index (χ0) is 14.0. The van der Waals surface area contributed by atoms with E-state index in [2.05, 4.69) is 11.1 Å². The summed E-state index contributed by atoms with van der Waals surface area (Å²) in [5.74, 6) is 1.14. The first-order chi connectivity index (χ1) is 9.02. The molecule has 2 rings (SSSR count). The first-order valence-electron chi connectivity index (χ1n) is 6.03. The van der Waals surface area contributed by atoms with Crippen LogP contribution < -0.4 is 4.74 Å². The van der Waals surface area contributed by atoms with Gasteiger partial charge in [-0.25, -0.2) is 4.98 Å². The zero-order valence-electron chi connectivity index (χ0n) is 11.2. The van der Waals surface area contributed by atoms with Crippen LogP contribution in [0.25, 0.3) is 0 Å². The molecule has 1 aromatic heterocycles. The van der Waals surface area contributed by atoms with Crippen LogP contribution in [0.5, 0.6) is 11.6 Å². The number of ether oxygens (including phenoxy) is 1. The Bertz CT molecular complexity index is 611. The second-order valence-electron chi connectivity index (χ2n) is 4.54. The van der Waals surface area contributed by atoms with Crippen LogP contribution in [0.2, 0.25) is 5.02 Å². The van der Waals surface area contributed by atoms with Crippen LogP contribution in [0.3, 0.4) is 0 Å². The van der Waals surface area contributed by atoms with E-state index in [1.54, 1.807) is 12.3 Å². The number of halogens is 1. The summed E-state index contributed by atoms with van der Waals surface area (Å²) in [6.07, 6.45) is 1.56. The number of hydrogen-bond acceptors (Lipinski definition) is 3. The van der Waals surface area contributed by atoms with E-state index in [1.807, 2.05) is 26.8 Å². The predicted octanol–water partition coefficient (Wildman–Crippen LogP) is 3.94. The van der Waals surface area contributed by atoms with E-state index in [0.717, 1.165) is 22.4 Å². The fraction of sp³-hybridized carbons (Fsp3) is 0.267. The maximum Gasteiger partial charge on any atom is 0.238 e. The maximum absolute atomic E-state index is 9.03. The molecule has 0 spiro atoms. The Morgan fingerprint density at radius 2 is 1.89 bits per heavy atom. The van der Waals surface area contributed by atoms with Crippen molar-refractivity contribution in [2.75, 3.05) is 0 Å². The van der Waals surface area contributed by atoms with Gasteiger partial charge in [-0.2, -0.15) is 0 Å². The molecular formula is C15H16ClNO2. The minimum absolute atomic E-state index is 0.0878. The molecule has 0 radical (unpaired) electrons. The number of nitrogens with zero attached hydrogens (tertiary/aromatic N) is 1. The van der Waals surface area contributed by atoms with Crippen molar-refractivity contribution in [3.63, 3.8) is 0 Å². The van der Waals surface area contributed by atoms with Crippen LogP contribution in [0.4, 0.5) is 0 Å². The number of aryl methyl sites for hydroxylation is 2. The van der Waals surface area contributed by atoms with E-state index in [9.17, 15) is 0 Å². The fourth-order valence-corrected chi connectivity index (χ4v) is 2.03. The summed E-state index contributed by atoms with van der Waals surface area (Å²) in [6.45, 7) is 5.94. The third-order valence-electron chi connectivity index (χ3n) is 3.12. The van der Waals surface area contributed by atoms with Crippen LogP contribution in [-0.4, -0.2) is 10.1 Å². The number of aromatic nitrogens is 1. The van der Waals surface area contributed by atoms with Crippen LogP contribution in [0.1, 0.15) is 22.3 Å². The smallest absolute Gasteiger partial charge is 0.238 e. The summed E-state index contributed by atoms with van der Waals surface area (Å²) in [7, 11) is 0. The molecule has 0 aliphatic carbocycles. The van der Waals surface area contributed by atoms with Crippen LogP contribution in [-0.2, 0) is 6.61 Å². The highest BCUT2D eigenvalue weighted by molar-refractivity contribution is 6.31. The van der Waals surface area contributed by atoms with E-state index in [1.165, 1.54) is 0 Å². The van der Waals surface area contributed by atoms with Crippen molar-refractivity contribution in [3.8, 4) is 11.6 Å². The van der Waals surface area contributed by atoms with Crippen molar-refractivity contribution >= 4 is 11.6 Å². The van der Waals surface area contributed by atoms with Gasteiger partial charge in [-0.3, -0.25) is 0 Å². The average molecular weight is 278 g/mol. The summed E-state index contributed by atoms with van der Waals surface area (Å²) in [4.78, 5) is 4.14. The molecular weight excluding hydrogens is 262 g/mol. The molecule has 0 aliphatic heterocycles. The highest BCUT2D eigenvalue weighted by Gasteiger charge is 2.11. The van der Waals surface area contributed by atoms with Gasteiger partial charge in [-0.15, -0.1) is 0 Å². The number of benzene rings is 1. The third-order valence-corrected chi connectivity index (χ3v) is 3.39. The highest BCUT2D eigenvalue weighted by atomic mass is 35.5. The SMILES string of the molecule is Cc1ccc(C)c(Oc2ncc(CO)cc2Cl)c1C. The molecule has 0 atom stereocenters. The fourth-order valence-electron chi connectivity index (χ4n) is 1.81. The minimum Gasteiger partial charge on any atom is -0.437 e. The molecule has 0 amide bonds. The molecule has 100 valence electrons. The molecule has 0 unspecified atom stereocenters. The van der Waals surface area contributed by atoms with Gasteiger partial charge in [0.1, 0.15) is 10.8 Å². The summed E-state index contributed by atoms with van der Waals surface area (Å²) < 4.78 is 5.83. The van der Waals surface area contributed by atoms with E-state index in [0.29, 0.717) is 16.5 Å². The highest BCUT2D eigenvalue weighted by Crippen LogP contribution is 2.33.